The lowest BCUT2D eigenvalue weighted by atomic mass is 9.71. The fraction of sp³-hybridized carbons (Fsp3) is 0.632. The lowest BCUT2D eigenvalue weighted by Crippen LogP contribution is -2.38. The average molecular weight is 371 g/mol. The summed E-state index contributed by atoms with van der Waals surface area (Å²) in [5.41, 5.74) is 6.97. The number of rotatable bonds is 8. The van der Waals surface area contributed by atoms with E-state index in [4.69, 9.17) is 15.2 Å². The first-order valence-corrected chi connectivity index (χ1v) is 8.89. The molecule has 6 heteroatoms. The van der Waals surface area contributed by atoms with Gasteiger partial charge >= 0.3 is 0 Å². The number of benzene rings is 1. The zero-order chi connectivity index (χ0) is 17.4. The van der Waals surface area contributed by atoms with Crippen LogP contribution in [0.25, 0.3) is 0 Å². The second-order valence-corrected chi connectivity index (χ2v) is 6.64. The third-order valence-corrected chi connectivity index (χ3v) is 4.90. The molecule has 0 bridgehead atoms. The average Bonchev–Trinajstić information content (AvgIpc) is 2.61. The number of carbonyl (C=O) groups is 1. The van der Waals surface area contributed by atoms with Crippen molar-refractivity contribution in [3.05, 3.63) is 23.8 Å². The molecule has 0 spiro atoms. The molecule has 25 heavy (non-hydrogen) atoms. The molecule has 1 amide bonds. The standard InChI is InChI=1S/C19H30N2O3.ClH/c1-3-24-17-11-15(7-8-16(17)23-2)13-21-18(22)12-19(14-20)9-5-4-6-10-19;/h7-8,11H,3-6,9-10,12-14,20H2,1-2H3,(H,21,22);1H. The maximum Gasteiger partial charge on any atom is 0.220 e. The Hall–Kier alpha value is -1.46. The van der Waals surface area contributed by atoms with Crippen molar-refractivity contribution < 1.29 is 14.3 Å². The molecule has 1 aliphatic carbocycles. The number of hydrogen-bond acceptors (Lipinski definition) is 4. The van der Waals surface area contributed by atoms with Crippen molar-refractivity contribution >= 4 is 18.3 Å². The van der Waals surface area contributed by atoms with E-state index in [9.17, 15) is 4.79 Å². The summed E-state index contributed by atoms with van der Waals surface area (Å²) in [5, 5.41) is 3.02. The molecule has 2 rings (SSSR count). The number of hydrogen-bond donors (Lipinski definition) is 2. The van der Waals surface area contributed by atoms with E-state index >= 15 is 0 Å². The van der Waals surface area contributed by atoms with E-state index in [1.54, 1.807) is 7.11 Å². The quantitative estimate of drug-likeness (QED) is 0.735. The summed E-state index contributed by atoms with van der Waals surface area (Å²) in [6.45, 7) is 3.59. The van der Waals surface area contributed by atoms with E-state index in [1.807, 2.05) is 25.1 Å². The predicted molar refractivity (Wildman–Crippen MR) is 102 cm³/mol. The summed E-state index contributed by atoms with van der Waals surface area (Å²) in [4.78, 5) is 12.4. The maximum atomic E-state index is 12.4. The van der Waals surface area contributed by atoms with Gasteiger partial charge < -0.3 is 20.5 Å². The molecule has 0 radical (unpaired) electrons. The van der Waals surface area contributed by atoms with Crippen molar-refractivity contribution in [3.8, 4) is 11.5 Å². The SMILES string of the molecule is CCOc1cc(CNC(=O)CC2(CN)CCCCC2)ccc1OC.Cl. The van der Waals surface area contributed by atoms with Gasteiger partial charge in [0.05, 0.1) is 13.7 Å². The highest BCUT2D eigenvalue weighted by molar-refractivity contribution is 5.85. The van der Waals surface area contributed by atoms with E-state index < -0.39 is 0 Å². The molecule has 0 unspecified atom stereocenters. The predicted octanol–water partition coefficient (Wildman–Crippen LogP) is 3.43. The zero-order valence-corrected chi connectivity index (χ0v) is 16.1. The minimum atomic E-state index is -0.00127. The Bertz CT molecular complexity index is 545. The van der Waals surface area contributed by atoms with Gasteiger partial charge in [-0.2, -0.15) is 0 Å². The van der Waals surface area contributed by atoms with E-state index in [2.05, 4.69) is 5.32 Å². The molecule has 1 fully saturated rings. The van der Waals surface area contributed by atoms with Gasteiger partial charge in [0.15, 0.2) is 11.5 Å². The third-order valence-electron chi connectivity index (χ3n) is 4.90. The summed E-state index contributed by atoms with van der Waals surface area (Å²) in [7, 11) is 1.62. The van der Waals surface area contributed by atoms with Crippen molar-refractivity contribution in [1.29, 1.82) is 0 Å². The summed E-state index contributed by atoms with van der Waals surface area (Å²) in [5.74, 6) is 1.49. The van der Waals surface area contributed by atoms with E-state index in [0.717, 1.165) is 18.4 Å². The number of nitrogens with one attached hydrogen (secondary N) is 1. The Balaban J connectivity index is 0.00000312. The Kier molecular flexibility index (Phi) is 9.08. The van der Waals surface area contributed by atoms with Crippen molar-refractivity contribution in [2.75, 3.05) is 20.3 Å². The van der Waals surface area contributed by atoms with Crippen LogP contribution in [0.1, 0.15) is 51.0 Å². The van der Waals surface area contributed by atoms with Crippen LogP contribution in [0.2, 0.25) is 0 Å². The number of halogens is 1. The molecule has 0 heterocycles. The van der Waals surface area contributed by atoms with Gasteiger partial charge in [0.1, 0.15) is 0 Å². The van der Waals surface area contributed by atoms with Gasteiger partial charge in [-0.3, -0.25) is 4.79 Å². The fourth-order valence-electron chi connectivity index (χ4n) is 3.46. The molecular weight excluding hydrogens is 340 g/mol. The second-order valence-electron chi connectivity index (χ2n) is 6.64. The minimum Gasteiger partial charge on any atom is -0.493 e. The Morgan fingerprint density at radius 2 is 1.96 bits per heavy atom. The van der Waals surface area contributed by atoms with Crippen LogP contribution in [0.5, 0.6) is 11.5 Å². The van der Waals surface area contributed by atoms with Crippen LogP contribution in [0.15, 0.2) is 18.2 Å². The molecule has 3 N–H and O–H groups in total. The third kappa shape index (κ3) is 6.08. The molecule has 5 nitrogen and oxygen atoms in total. The summed E-state index contributed by atoms with van der Waals surface area (Å²) >= 11 is 0. The molecule has 1 aromatic carbocycles. The van der Waals surface area contributed by atoms with E-state index in [-0.39, 0.29) is 23.7 Å². The van der Waals surface area contributed by atoms with E-state index in [0.29, 0.717) is 37.6 Å². The second kappa shape index (κ2) is 10.5. The van der Waals surface area contributed by atoms with Crippen molar-refractivity contribution in [3.63, 3.8) is 0 Å². The normalized spacial score (nSPS) is 15.8. The summed E-state index contributed by atoms with van der Waals surface area (Å²) in [6, 6.07) is 5.73. The minimum absolute atomic E-state index is 0. The first-order valence-electron chi connectivity index (χ1n) is 8.89. The molecule has 1 aliphatic rings. The highest BCUT2D eigenvalue weighted by Crippen LogP contribution is 2.38. The van der Waals surface area contributed by atoms with Gasteiger partial charge in [-0.1, -0.05) is 25.3 Å². The fourth-order valence-corrected chi connectivity index (χ4v) is 3.46. The van der Waals surface area contributed by atoms with Crippen LogP contribution < -0.4 is 20.5 Å². The number of methoxy groups -OCH3 is 1. The van der Waals surface area contributed by atoms with Gasteiger partial charge in [0.2, 0.25) is 5.91 Å². The number of carbonyl (C=O) groups excluding carboxylic acids is 1. The van der Waals surface area contributed by atoms with Gasteiger partial charge in [0, 0.05) is 13.0 Å². The zero-order valence-electron chi connectivity index (χ0n) is 15.3. The molecule has 0 aliphatic heterocycles. The lowest BCUT2D eigenvalue weighted by molar-refractivity contribution is -0.124. The van der Waals surface area contributed by atoms with Crippen molar-refractivity contribution in [1.82, 2.24) is 5.32 Å². The first kappa shape index (κ1) is 21.6. The van der Waals surface area contributed by atoms with Gasteiger partial charge in [0.25, 0.3) is 0 Å². The lowest BCUT2D eigenvalue weighted by Gasteiger charge is -2.35. The van der Waals surface area contributed by atoms with Crippen molar-refractivity contribution in [2.45, 2.75) is 52.0 Å². The monoisotopic (exact) mass is 370 g/mol. The molecule has 1 aromatic rings. The van der Waals surface area contributed by atoms with Crippen LogP contribution in [-0.4, -0.2) is 26.2 Å². The van der Waals surface area contributed by atoms with Gasteiger partial charge in [-0.05, 0) is 49.4 Å². The highest BCUT2D eigenvalue weighted by Gasteiger charge is 2.32. The molecule has 142 valence electrons. The van der Waals surface area contributed by atoms with Crippen LogP contribution in [0.4, 0.5) is 0 Å². The van der Waals surface area contributed by atoms with Crippen LogP contribution >= 0.6 is 12.4 Å². The Morgan fingerprint density at radius 1 is 1.24 bits per heavy atom. The van der Waals surface area contributed by atoms with Crippen LogP contribution in [0.3, 0.4) is 0 Å². The van der Waals surface area contributed by atoms with Gasteiger partial charge in [-0.25, -0.2) is 0 Å². The maximum absolute atomic E-state index is 12.4. The number of nitrogens with two attached hydrogens (primary N) is 1. The topological polar surface area (TPSA) is 73.6 Å². The highest BCUT2D eigenvalue weighted by atomic mass is 35.5. The Morgan fingerprint density at radius 3 is 2.56 bits per heavy atom. The summed E-state index contributed by atoms with van der Waals surface area (Å²) in [6.07, 6.45) is 6.27. The number of amides is 1. The molecule has 0 atom stereocenters. The molecular formula is C19H31ClN2O3. The van der Waals surface area contributed by atoms with Crippen molar-refractivity contribution in [2.24, 2.45) is 11.1 Å². The summed E-state index contributed by atoms with van der Waals surface area (Å²) < 4.78 is 10.9. The first-order chi connectivity index (χ1) is 11.6. The molecule has 0 aromatic heterocycles. The number of ether oxygens (including phenoxy) is 2. The molecule has 1 saturated carbocycles. The Labute approximate surface area is 157 Å². The smallest absolute Gasteiger partial charge is 0.220 e. The van der Waals surface area contributed by atoms with Gasteiger partial charge in [-0.15, -0.1) is 12.4 Å². The van der Waals surface area contributed by atoms with Crippen LogP contribution in [0, 0.1) is 5.41 Å². The largest absolute Gasteiger partial charge is 0.493 e. The van der Waals surface area contributed by atoms with Crippen LogP contribution in [-0.2, 0) is 11.3 Å². The van der Waals surface area contributed by atoms with E-state index in [1.165, 1.54) is 19.3 Å². The molecule has 0 saturated heterocycles.